The molecule has 256 valence electrons. The SMILES string of the molecule is COc1ccc(C2(c3ccc(OC)cc3)C=Cc3c4c(c5cc(CS)c(OC)cc5c3O2)-c2ccccc2C42CC(C)(C)CC(C)(C)C2)cc1. The molecule has 1 fully saturated rings. The van der Waals surface area contributed by atoms with Crippen LogP contribution in [0, 0.1) is 10.8 Å². The van der Waals surface area contributed by atoms with Crippen LogP contribution in [-0.2, 0) is 16.8 Å². The van der Waals surface area contributed by atoms with E-state index in [4.69, 9.17) is 31.6 Å². The van der Waals surface area contributed by atoms with E-state index in [1.54, 1.807) is 21.3 Å². The number of rotatable bonds is 6. The highest BCUT2D eigenvalue weighted by molar-refractivity contribution is 7.79. The van der Waals surface area contributed by atoms with E-state index in [2.05, 4.69) is 101 Å². The van der Waals surface area contributed by atoms with Crippen molar-refractivity contribution in [1.82, 2.24) is 0 Å². The molecule has 0 atom stereocenters. The van der Waals surface area contributed by atoms with Crippen molar-refractivity contribution in [1.29, 1.82) is 0 Å². The lowest BCUT2D eigenvalue weighted by atomic mass is 9.52. The molecular weight excluding hydrogens is 637 g/mol. The molecule has 0 amide bonds. The molecule has 1 heterocycles. The van der Waals surface area contributed by atoms with Gasteiger partial charge in [-0.15, -0.1) is 0 Å². The predicted molar refractivity (Wildman–Crippen MR) is 207 cm³/mol. The minimum absolute atomic E-state index is 0.143. The molecular formula is C45H46O4S. The minimum atomic E-state index is -0.911. The second kappa shape index (κ2) is 11.6. The molecule has 0 N–H and O–H groups in total. The summed E-state index contributed by atoms with van der Waals surface area (Å²) in [6.07, 6.45) is 7.93. The first kappa shape index (κ1) is 32.8. The first-order valence-corrected chi connectivity index (χ1v) is 18.2. The summed E-state index contributed by atoms with van der Waals surface area (Å²) < 4.78 is 24.8. The summed E-state index contributed by atoms with van der Waals surface area (Å²) in [5.41, 5.74) is 8.93. The lowest BCUT2D eigenvalue weighted by Crippen LogP contribution is -2.44. The van der Waals surface area contributed by atoms with E-state index in [1.807, 2.05) is 24.3 Å². The molecule has 1 aliphatic heterocycles. The summed E-state index contributed by atoms with van der Waals surface area (Å²) in [4.78, 5) is 0. The largest absolute Gasteiger partial charge is 0.497 e. The van der Waals surface area contributed by atoms with Crippen LogP contribution < -0.4 is 18.9 Å². The fourth-order valence-corrected chi connectivity index (χ4v) is 10.4. The maximum atomic E-state index is 7.64. The first-order valence-electron chi connectivity index (χ1n) is 17.6. The van der Waals surface area contributed by atoms with Crippen molar-refractivity contribution in [2.75, 3.05) is 21.3 Å². The van der Waals surface area contributed by atoms with Gasteiger partial charge in [-0.25, -0.2) is 0 Å². The highest BCUT2D eigenvalue weighted by Gasteiger charge is 2.55. The molecule has 0 unspecified atom stereocenters. The molecule has 50 heavy (non-hydrogen) atoms. The molecule has 0 bridgehead atoms. The zero-order valence-electron chi connectivity index (χ0n) is 30.1. The number of fused-ring (bicyclic) bond motifs is 10. The van der Waals surface area contributed by atoms with Gasteiger partial charge >= 0.3 is 0 Å². The van der Waals surface area contributed by atoms with Crippen LogP contribution in [0.25, 0.3) is 28.0 Å². The molecule has 3 aliphatic rings. The Hall–Kier alpha value is -4.35. The van der Waals surface area contributed by atoms with Crippen LogP contribution in [0.3, 0.4) is 0 Å². The van der Waals surface area contributed by atoms with Crippen LogP contribution in [-0.4, -0.2) is 21.3 Å². The molecule has 0 radical (unpaired) electrons. The van der Waals surface area contributed by atoms with Gasteiger partial charge in [-0.1, -0.05) is 82.3 Å². The summed E-state index contributed by atoms with van der Waals surface area (Å²) in [6.45, 7) is 9.83. The Labute approximate surface area is 301 Å². The van der Waals surface area contributed by atoms with Gasteiger partial charge in [0.15, 0.2) is 5.60 Å². The zero-order valence-corrected chi connectivity index (χ0v) is 31.0. The van der Waals surface area contributed by atoms with Crippen LogP contribution in [0.4, 0.5) is 0 Å². The zero-order chi connectivity index (χ0) is 35.1. The minimum Gasteiger partial charge on any atom is -0.497 e. The number of methoxy groups -OCH3 is 3. The van der Waals surface area contributed by atoms with Gasteiger partial charge in [-0.05, 0) is 100 Å². The summed E-state index contributed by atoms with van der Waals surface area (Å²) >= 11 is 4.77. The molecule has 5 heteroatoms. The van der Waals surface area contributed by atoms with Crippen LogP contribution in [0.2, 0.25) is 0 Å². The normalized spacial score (nSPS) is 18.6. The summed E-state index contributed by atoms with van der Waals surface area (Å²) in [5, 5.41) is 2.22. The van der Waals surface area contributed by atoms with Crippen molar-refractivity contribution < 1.29 is 18.9 Å². The number of benzene rings is 5. The Bertz CT molecular complexity index is 2090. The molecule has 2 aliphatic carbocycles. The van der Waals surface area contributed by atoms with Crippen LogP contribution >= 0.6 is 12.6 Å². The van der Waals surface area contributed by atoms with Crippen LogP contribution in [0.15, 0.2) is 91.0 Å². The van der Waals surface area contributed by atoms with Gasteiger partial charge < -0.3 is 18.9 Å². The summed E-state index contributed by atoms with van der Waals surface area (Å²) in [7, 11) is 5.13. The Balaban J connectivity index is 1.49. The van der Waals surface area contributed by atoms with E-state index in [0.717, 1.165) is 63.5 Å². The van der Waals surface area contributed by atoms with Crippen molar-refractivity contribution in [2.45, 2.75) is 63.7 Å². The second-order valence-electron chi connectivity index (χ2n) is 16.0. The van der Waals surface area contributed by atoms with E-state index < -0.39 is 5.60 Å². The molecule has 4 nitrogen and oxygen atoms in total. The van der Waals surface area contributed by atoms with E-state index in [0.29, 0.717) is 5.75 Å². The predicted octanol–water partition coefficient (Wildman–Crippen LogP) is 11.1. The smallest absolute Gasteiger partial charge is 0.178 e. The Morgan fingerprint density at radius 2 is 1.30 bits per heavy atom. The Morgan fingerprint density at radius 1 is 0.700 bits per heavy atom. The molecule has 1 spiro atoms. The maximum absolute atomic E-state index is 7.64. The fraction of sp³-hybridized carbons (Fsp3) is 0.333. The van der Waals surface area contributed by atoms with Gasteiger partial charge in [0.1, 0.15) is 23.0 Å². The van der Waals surface area contributed by atoms with Gasteiger partial charge in [-0.3, -0.25) is 0 Å². The average Bonchev–Trinajstić information content (AvgIpc) is 3.38. The quantitative estimate of drug-likeness (QED) is 0.181. The third-order valence-corrected chi connectivity index (χ3v) is 11.7. The van der Waals surface area contributed by atoms with E-state index in [9.17, 15) is 0 Å². The lowest BCUT2D eigenvalue weighted by Gasteiger charge is -2.52. The van der Waals surface area contributed by atoms with Crippen molar-refractivity contribution in [3.8, 4) is 34.1 Å². The molecule has 0 saturated heterocycles. The molecule has 0 aromatic heterocycles. The molecule has 5 aromatic carbocycles. The van der Waals surface area contributed by atoms with E-state index >= 15 is 0 Å². The summed E-state index contributed by atoms with van der Waals surface area (Å²) in [5.74, 6) is 3.86. The highest BCUT2D eigenvalue weighted by atomic mass is 32.1. The number of hydrogen-bond acceptors (Lipinski definition) is 5. The van der Waals surface area contributed by atoms with Crippen molar-refractivity contribution in [3.05, 3.63) is 124 Å². The highest BCUT2D eigenvalue weighted by Crippen LogP contribution is 2.67. The standard InChI is InChI=1S/C45H46O4S/c1-42(2)25-43(3,4)27-44(26-42)37-11-9-8-10-33(37)39-35-22-28(24-50)38(48-7)23-36(35)41-34(40(39)44)20-21-45(49-41,29-12-16-31(46-5)17-13-29)30-14-18-32(47-6)19-15-30/h8-23,50H,24-27H2,1-7H3. The van der Waals surface area contributed by atoms with E-state index in [1.165, 1.54) is 34.1 Å². The topological polar surface area (TPSA) is 36.9 Å². The molecule has 5 aromatic rings. The molecule has 8 rings (SSSR count). The van der Waals surface area contributed by atoms with E-state index in [-0.39, 0.29) is 16.2 Å². The monoisotopic (exact) mass is 682 g/mol. The molecule has 1 saturated carbocycles. The maximum Gasteiger partial charge on any atom is 0.178 e. The van der Waals surface area contributed by atoms with Gasteiger partial charge in [0.25, 0.3) is 0 Å². The van der Waals surface area contributed by atoms with Gasteiger partial charge in [-0.2, -0.15) is 12.6 Å². The number of ether oxygens (including phenoxy) is 4. The Morgan fingerprint density at radius 3 is 1.86 bits per heavy atom. The summed E-state index contributed by atoms with van der Waals surface area (Å²) in [6, 6.07) is 30.1. The average molecular weight is 683 g/mol. The third-order valence-electron chi connectivity index (χ3n) is 11.4. The second-order valence-corrected chi connectivity index (χ2v) is 16.3. The fourth-order valence-electron chi connectivity index (χ4n) is 10.2. The van der Waals surface area contributed by atoms with Crippen molar-refractivity contribution in [2.24, 2.45) is 10.8 Å². The van der Waals surface area contributed by atoms with Gasteiger partial charge in [0.05, 0.1) is 21.3 Å². The van der Waals surface area contributed by atoms with Crippen LogP contribution in [0.1, 0.15) is 80.3 Å². The Kier molecular flexibility index (Phi) is 7.61. The third kappa shape index (κ3) is 4.87. The lowest BCUT2D eigenvalue weighted by molar-refractivity contribution is 0.0642. The first-order chi connectivity index (χ1) is 24.0. The number of thiol groups is 1. The number of hydrogen-bond donors (Lipinski definition) is 1. The van der Waals surface area contributed by atoms with Crippen molar-refractivity contribution >= 4 is 29.5 Å². The van der Waals surface area contributed by atoms with Gasteiger partial charge in [0, 0.05) is 38.8 Å². The van der Waals surface area contributed by atoms with Crippen LogP contribution in [0.5, 0.6) is 23.0 Å². The van der Waals surface area contributed by atoms with Gasteiger partial charge in [0.2, 0.25) is 0 Å². The van der Waals surface area contributed by atoms with Crippen molar-refractivity contribution in [3.63, 3.8) is 0 Å².